The van der Waals surface area contributed by atoms with Gasteiger partial charge in [0.05, 0.1) is 6.61 Å². The van der Waals surface area contributed by atoms with Crippen LogP contribution in [0.2, 0.25) is 0 Å². The van der Waals surface area contributed by atoms with Crippen molar-refractivity contribution < 1.29 is 14.3 Å². The van der Waals surface area contributed by atoms with Crippen LogP contribution in [0, 0.1) is 5.92 Å². The van der Waals surface area contributed by atoms with Crippen LogP contribution in [0.4, 0.5) is 5.69 Å². The summed E-state index contributed by atoms with van der Waals surface area (Å²) in [6.45, 7) is 3.47. The summed E-state index contributed by atoms with van der Waals surface area (Å²) in [4.78, 5) is 26.0. The molecular formula is C19H23NO3. The van der Waals surface area contributed by atoms with Gasteiger partial charge in [0.25, 0.3) is 0 Å². The van der Waals surface area contributed by atoms with Crippen LogP contribution in [0.3, 0.4) is 0 Å². The highest BCUT2D eigenvalue weighted by Gasteiger charge is 2.26. The van der Waals surface area contributed by atoms with Crippen LogP contribution in [0.15, 0.2) is 36.4 Å². The zero-order chi connectivity index (χ0) is 17.0. The molecule has 0 bridgehead atoms. The highest BCUT2D eigenvalue weighted by molar-refractivity contribution is 6.00. The molecule has 0 aliphatic heterocycles. The molecule has 0 spiro atoms. The van der Waals surface area contributed by atoms with Crippen molar-refractivity contribution in [3.63, 3.8) is 0 Å². The summed E-state index contributed by atoms with van der Waals surface area (Å²) in [5.41, 5.74) is 2.10. The molecule has 122 valence electrons. The largest absolute Gasteiger partial charge is 0.465 e. The Kier molecular flexibility index (Phi) is 5.37. The van der Waals surface area contributed by atoms with Crippen LogP contribution in [-0.2, 0) is 20.7 Å². The number of Topliss-reactive ketones (excluding diaryl/α,β-unsaturated/α-hetero) is 1. The number of rotatable bonds is 6. The number of ketones is 1. The maximum atomic E-state index is 12.0. The van der Waals surface area contributed by atoms with E-state index >= 15 is 0 Å². The molecule has 4 nitrogen and oxygen atoms in total. The molecule has 2 rings (SSSR count). The van der Waals surface area contributed by atoms with Crippen molar-refractivity contribution in [2.75, 3.05) is 25.6 Å². The number of carbonyl (C=O) groups excluding carboxylic acids is 2. The minimum atomic E-state index is -0.747. The number of benzene rings is 2. The van der Waals surface area contributed by atoms with Crippen LogP contribution in [0.5, 0.6) is 0 Å². The first-order valence-electron chi connectivity index (χ1n) is 7.80. The molecule has 0 aliphatic rings. The van der Waals surface area contributed by atoms with Crippen molar-refractivity contribution in [1.29, 1.82) is 0 Å². The molecule has 0 fully saturated rings. The molecule has 1 unspecified atom stereocenters. The van der Waals surface area contributed by atoms with E-state index in [4.69, 9.17) is 4.74 Å². The van der Waals surface area contributed by atoms with Gasteiger partial charge >= 0.3 is 5.97 Å². The van der Waals surface area contributed by atoms with Crippen LogP contribution in [0.1, 0.15) is 19.4 Å². The Bertz CT molecular complexity index is 722. The first kappa shape index (κ1) is 17.0. The lowest BCUT2D eigenvalue weighted by molar-refractivity contribution is -0.151. The Hall–Kier alpha value is -2.36. The van der Waals surface area contributed by atoms with Crippen LogP contribution >= 0.6 is 0 Å². The second kappa shape index (κ2) is 7.27. The van der Waals surface area contributed by atoms with Gasteiger partial charge in [-0.25, -0.2) is 0 Å². The lowest BCUT2D eigenvalue weighted by Gasteiger charge is -2.19. The fourth-order valence-corrected chi connectivity index (χ4v) is 2.77. The van der Waals surface area contributed by atoms with Crippen molar-refractivity contribution in [2.24, 2.45) is 5.92 Å². The molecule has 0 aromatic heterocycles. The number of carbonyl (C=O) groups is 2. The second-order valence-corrected chi connectivity index (χ2v) is 5.80. The molecule has 0 radical (unpaired) electrons. The monoisotopic (exact) mass is 313 g/mol. The third-order valence-corrected chi connectivity index (χ3v) is 3.96. The van der Waals surface area contributed by atoms with E-state index < -0.39 is 11.9 Å². The van der Waals surface area contributed by atoms with Crippen molar-refractivity contribution in [3.05, 3.63) is 42.0 Å². The van der Waals surface area contributed by atoms with Gasteiger partial charge < -0.3 is 9.64 Å². The highest BCUT2D eigenvalue weighted by Crippen LogP contribution is 2.30. The minimum Gasteiger partial charge on any atom is -0.465 e. The molecule has 2 aromatic rings. The van der Waals surface area contributed by atoms with Crippen LogP contribution < -0.4 is 4.90 Å². The average Bonchev–Trinajstić information content (AvgIpc) is 2.51. The van der Waals surface area contributed by atoms with Gasteiger partial charge in [-0.1, -0.05) is 30.3 Å². The Morgan fingerprint density at radius 1 is 1.09 bits per heavy atom. The summed E-state index contributed by atoms with van der Waals surface area (Å²) in [5, 5.41) is 2.18. The van der Waals surface area contributed by atoms with Gasteiger partial charge in [0.15, 0.2) is 0 Å². The number of esters is 1. The topological polar surface area (TPSA) is 46.6 Å². The van der Waals surface area contributed by atoms with Gasteiger partial charge in [0.1, 0.15) is 11.7 Å². The molecule has 0 saturated carbocycles. The number of hydrogen-bond acceptors (Lipinski definition) is 4. The van der Waals surface area contributed by atoms with Crippen molar-refractivity contribution >= 4 is 28.2 Å². The minimum absolute atomic E-state index is 0.163. The van der Waals surface area contributed by atoms with Gasteiger partial charge in [0, 0.05) is 25.2 Å². The maximum absolute atomic E-state index is 12.0. The summed E-state index contributed by atoms with van der Waals surface area (Å²) in [5.74, 6) is -1.35. The first-order chi connectivity index (χ1) is 11.0. The Labute approximate surface area is 137 Å². The lowest BCUT2D eigenvalue weighted by Crippen LogP contribution is -2.26. The lowest BCUT2D eigenvalue weighted by atomic mass is 9.92. The standard InChI is InChI=1S/C19H23NO3/c1-5-23-19(22)17(13(2)21)12-14-10-11-18(20(3)4)16-9-7-6-8-15(14)16/h6-11,17H,5,12H2,1-4H3. The molecule has 2 aromatic carbocycles. The maximum Gasteiger partial charge on any atom is 0.316 e. The van der Waals surface area contributed by atoms with E-state index in [0.717, 1.165) is 22.0 Å². The number of hydrogen-bond donors (Lipinski definition) is 0. The molecule has 1 atom stereocenters. The third kappa shape index (κ3) is 3.70. The van der Waals surface area contributed by atoms with E-state index in [1.54, 1.807) is 6.92 Å². The molecule has 0 saturated heterocycles. The van der Waals surface area contributed by atoms with Crippen LogP contribution in [0.25, 0.3) is 10.8 Å². The van der Waals surface area contributed by atoms with Crippen molar-refractivity contribution in [1.82, 2.24) is 0 Å². The molecule has 4 heteroatoms. The molecule has 0 heterocycles. The fraction of sp³-hybridized carbons (Fsp3) is 0.368. The summed E-state index contributed by atoms with van der Waals surface area (Å²) < 4.78 is 5.04. The van der Waals surface area contributed by atoms with E-state index in [1.165, 1.54) is 6.92 Å². The second-order valence-electron chi connectivity index (χ2n) is 5.80. The summed E-state index contributed by atoms with van der Waals surface area (Å²) >= 11 is 0. The van der Waals surface area contributed by atoms with Gasteiger partial charge in [-0.05, 0) is 37.3 Å². The summed E-state index contributed by atoms with van der Waals surface area (Å²) in [6.07, 6.45) is 0.363. The van der Waals surface area contributed by atoms with E-state index in [-0.39, 0.29) is 12.4 Å². The van der Waals surface area contributed by atoms with Gasteiger partial charge in [0.2, 0.25) is 0 Å². The number of fused-ring (bicyclic) bond motifs is 1. The van der Waals surface area contributed by atoms with E-state index in [2.05, 4.69) is 11.0 Å². The zero-order valence-electron chi connectivity index (χ0n) is 14.1. The van der Waals surface area contributed by atoms with E-state index in [0.29, 0.717) is 6.42 Å². The molecular weight excluding hydrogens is 290 g/mol. The van der Waals surface area contributed by atoms with E-state index in [9.17, 15) is 9.59 Å². The SMILES string of the molecule is CCOC(=O)C(Cc1ccc(N(C)C)c2ccccc12)C(C)=O. The fourth-order valence-electron chi connectivity index (χ4n) is 2.77. The van der Waals surface area contributed by atoms with Gasteiger partial charge in [-0.3, -0.25) is 9.59 Å². The quantitative estimate of drug-likeness (QED) is 0.607. The normalized spacial score (nSPS) is 12.0. The van der Waals surface area contributed by atoms with Gasteiger partial charge in [-0.15, -0.1) is 0 Å². The molecule has 0 amide bonds. The predicted octanol–water partition coefficient (Wildman–Crippen LogP) is 3.22. The van der Waals surface area contributed by atoms with Crippen LogP contribution in [-0.4, -0.2) is 32.5 Å². The molecule has 0 aliphatic carbocycles. The summed E-state index contributed by atoms with van der Waals surface area (Å²) in [7, 11) is 4.00. The summed E-state index contributed by atoms with van der Waals surface area (Å²) in [6, 6.07) is 12.1. The first-order valence-corrected chi connectivity index (χ1v) is 7.80. The number of anilines is 1. The molecule has 23 heavy (non-hydrogen) atoms. The smallest absolute Gasteiger partial charge is 0.316 e. The van der Waals surface area contributed by atoms with Crippen molar-refractivity contribution in [3.8, 4) is 0 Å². The number of nitrogens with zero attached hydrogens (tertiary/aromatic N) is 1. The zero-order valence-corrected chi connectivity index (χ0v) is 14.1. The Morgan fingerprint density at radius 3 is 2.30 bits per heavy atom. The Morgan fingerprint density at radius 2 is 1.74 bits per heavy atom. The van der Waals surface area contributed by atoms with Gasteiger partial charge in [-0.2, -0.15) is 0 Å². The van der Waals surface area contributed by atoms with Crippen molar-refractivity contribution in [2.45, 2.75) is 20.3 Å². The molecule has 0 N–H and O–H groups in total. The predicted molar refractivity (Wildman–Crippen MR) is 92.8 cm³/mol. The average molecular weight is 313 g/mol. The number of ether oxygens (including phenoxy) is 1. The third-order valence-electron chi connectivity index (χ3n) is 3.96. The Balaban J connectivity index is 2.45. The van der Waals surface area contributed by atoms with E-state index in [1.807, 2.05) is 44.4 Å². The highest BCUT2D eigenvalue weighted by atomic mass is 16.5.